The van der Waals surface area contributed by atoms with Gasteiger partial charge in [-0.25, -0.2) is 0 Å². The maximum atomic E-state index is 11.6. The molecule has 0 spiro atoms. The molecule has 0 unspecified atom stereocenters. The summed E-state index contributed by atoms with van der Waals surface area (Å²) in [6.45, 7) is 0. The van der Waals surface area contributed by atoms with Gasteiger partial charge in [0, 0.05) is 18.4 Å². The molecule has 4 nitrogen and oxygen atoms in total. The molecular weight excluding hydrogens is 232 g/mol. The molecule has 0 aromatic heterocycles. The Bertz CT molecular complexity index is 457. The number of aliphatic carboxylic acids is 1. The third-order valence-electron chi connectivity index (χ3n) is 2.34. The average Bonchev–Trinajstić information content (AvgIpc) is 2.37. The summed E-state index contributed by atoms with van der Waals surface area (Å²) in [7, 11) is 0. The summed E-state index contributed by atoms with van der Waals surface area (Å²) in [6, 6.07) is 6.83. The Balaban J connectivity index is 2.61. The summed E-state index contributed by atoms with van der Waals surface area (Å²) in [5.74, 6) is -1.16. The Hall–Kier alpha value is -2.23. The van der Waals surface area contributed by atoms with Crippen molar-refractivity contribution in [1.29, 1.82) is 0 Å². The van der Waals surface area contributed by atoms with E-state index in [0.29, 0.717) is 12.0 Å². The van der Waals surface area contributed by atoms with E-state index in [1.807, 2.05) is 0 Å². The number of carboxylic acid groups (broad SMARTS) is 1. The molecule has 0 bridgehead atoms. The number of allylic oxidation sites excluding steroid dienone is 1. The second-order valence-corrected chi connectivity index (χ2v) is 3.74. The first-order valence-corrected chi connectivity index (χ1v) is 5.58. The number of carbonyl (C=O) groups excluding carboxylic acids is 2. The highest BCUT2D eigenvalue weighted by molar-refractivity contribution is 5.97. The van der Waals surface area contributed by atoms with Crippen LogP contribution in [0.4, 0.5) is 0 Å². The molecule has 4 heteroatoms. The Kier molecular flexibility index (Phi) is 5.51. The third kappa shape index (κ3) is 4.74. The normalized spacial score (nSPS) is 10.4. The van der Waals surface area contributed by atoms with Crippen LogP contribution in [0.2, 0.25) is 0 Å². The molecule has 94 valence electrons. The Morgan fingerprint density at radius 3 is 2.33 bits per heavy atom. The van der Waals surface area contributed by atoms with E-state index in [1.54, 1.807) is 36.4 Å². The molecule has 18 heavy (non-hydrogen) atoms. The first-order chi connectivity index (χ1) is 8.63. The topological polar surface area (TPSA) is 71.4 Å². The number of Topliss-reactive ketones (excluding diaryl/α,β-unsaturated/α-hetero) is 1. The maximum absolute atomic E-state index is 11.6. The standard InChI is InChI=1S/C14H14O4/c15-10-2-1-3-11-4-6-12(7-5-11)13(16)8-9-14(17)18/h1,3-7,10H,2,8-9H2,(H,17,18). The highest BCUT2D eigenvalue weighted by Crippen LogP contribution is 2.09. The second kappa shape index (κ2) is 7.17. The van der Waals surface area contributed by atoms with Crippen molar-refractivity contribution in [3.05, 3.63) is 41.5 Å². The molecule has 0 aliphatic rings. The summed E-state index contributed by atoms with van der Waals surface area (Å²) < 4.78 is 0. The summed E-state index contributed by atoms with van der Waals surface area (Å²) in [5.41, 5.74) is 1.40. The van der Waals surface area contributed by atoms with E-state index in [9.17, 15) is 14.4 Å². The maximum Gasteiger partial charge on any atom is 0.303 e. The molecule has 1 aromatic carbocycles. The van der Waals surface area contributed by atoms with Crippen LogP contribution in [0.5, 0.6) is 0 Å². The van der Waals surface area contributed by atoms with Crippen molar-refractivity contribution in [2.24, 2.45) is 0 Å². The average molecular weight is 246 g/mol. The van der Waals surface area contributed by atoms with Gasteiger partial charge in [0.15, 0.2) is 5.78 Å². The second-order valence-electron chi connectivity index (χ2n) is 3.74. The van der Waals surface area contributed by atoms with E-state index in [0.717, 1.165) is 11.8 Å². The summed E-state index contributed by atoms with van der Waals surface area (Å²) >= 11 is 0. The van der Waals surface area contributed by atoms with Gasteiger partial charge >= 0.3 is 5.97 Å². The van der Waals surface area contributed by atoms with Gasteiger partial charge in [0.05, 0.1) is 6.42 Å². The first-order valence-electron chi connectivity index (χ1n) is 5.58. The lowest BCUT2D eigenvalue weighted by Gasteiger charge is -2.00. The highest BCUT2D eigenvalue weighted by atomic mass is 16.4. The molecule has 1 rings (SSSR count). The minimum atomic E-state index is -0.975. The minimum absolute atomic E-state index is 0.00958. The highest BCUT2D eigenvalue weighted by Gasteiger charge is 2.07. The molecule has 0 amide bonds. The molecule has 0 aliphatic heterocycles. The third-order valence-corrected chi connectivity index (χ3v) is 2.34. The van der Waals surface area contributed by atoms with Gasteiger partial charge in [0.1, 0.15) is 6.29 Å². The molecular formula is C14H14O4. The smallest absolute Gasteiger partial charge is 0.303 e. The fraction of sp³-hybridized carbons (Fsp3) is 0.214. The Morgan fingerprint density at radius 2 is 1.78 bits per heavy atom. The van der Waals surface area contributed by atoms with Gasteiger partial charge in [-0.1, -0.05) is 36.4 Å². The van der Waals surface area contributed by atoms with Gasteiger partial charge in [-0.2, -0.15) is 0 Å². The lowest BCUT2D eigenvalue weighted by Crippen LogP contribution is -2.03. The molecule has 1 N–H and O–H groups in total. The Labute approximate surface area is 105 Å². The van der Waals surface area contributed by atoms with Crippen LogP contribution in [-0.2, 0) is 9.59 Å². The van der Waals surface area contributed by atoms with Crippen LogP contribution in [0.25, 0.3) is 6.08 Å². The van der Waals surface area contributed by atoms with E-state index in [4.69, 9.17) is 5.11 Å². The summed E-state index contributed by atoms with van der Waals surface area (Å²) in [6.07, 6.45) is 4.54. The van der Waals surface area contributed by atoms with Crippen molar-refractivity contribution >= 4 is 24.1 Å². The van der Waals surface area contributed by atoms with Crippen molar-refractivity contribution in [2.45, 2.75) is 19.3 Å². The summed E-state index contributed by atoms with van der Waals surface area (Å²) in [4.78, 5) is 32.1. The fourth-order valence-electron chi connectivity index (χ4n) is 1.40. The van der Waals surface area contributed by atoms with Crippen LogP contribution < -0.4 is 0 Å². The first kappa shape index (κ1) is 13.8. The predicted octanol–water partition coefficient (Wildman–Crippen LogP) is 2.34. The van der Waals surface area contributed by atoms with Gasteiger partial charge in [-0.15, -0.1) is 0 Å². The molecule has 0 fully saturated rings. The number of ketones is 1. The quantitative estimate of drug-likeness (QED) is 0.592. The van der Waals surface area contributed by atoms with Crippen molar-refractivity contribution in [2.75, 3.05) is 0 Å². The van der Waals surface area contributed by atoms with Crippen LogP contribution in [0.3, 0.4) is 0 Å². The number of carbonyl (C=O) groups is 3. The fourth-order valence-corrected chi connectivity index (χ4v) is 1.40. The van der Waals surface area contributed by atoms with Gasteiger partial charge in [0.25, 0.3) is 0 Å². The van der Waals surface area contributed by atoms with E-state index in [2.05, 4.69) is 0 Å². The van der Waals surface area contributed by atoms with Crippen LogP contribution >= 0.6 is 0 Å². The van der Waals surface area contributed by atoms with E-state index in [-0.39, 0.29) is 18.6 Å². The molecule has 0 saturated carbocycles. The number of hydrogen-bond donors (Lipinski definition) is 1. The van der Waals surface area contributed by atoms with E-state index in [1.165, 1.54) is 0 Å². The number of rotatable bonds is 7. The van der Waals surface area contributed by atoms with Crippen molar-refractivity contribution in [1.82, 2.24) is 0 Å². The SMILES string of the molecule is O=CCC=Cc1ccc(C(=O)CCC(=O)O)cc1. The molecule has 0 radical (unpaired) electrons. The molecule has 0 saturated heterocycles. The lowest BCUT2D eigenvalue weighted by atomic mass is 10.0. The Morgan fingerprint density at radius 1 is 1.11 bits per heavy atom. The lowest BCUT2D eigenvalue weighted by molar-refractivity contribution is -0.136. The van der Waals surface area contributed by atoms with E-state index < -0.39 is 5.97 Å². The number of hydrogen-bond acceptors (Lipinski definition) is 3. The van der Waals surface area contributed by atoms with Crippen LogP contribution in [0.1, 0.15) is 35.2 Å². The zero-order valence-electron chi connectivity index (χ0n) is 9.83. The molecule has 0 atom stereocenters. The monoisotopic (exact) mass is 246 g/mol. The van der Waals surface area contributed by atoms with Crippen molar-refractivity contribution < 1.29 is 19.5 Å². The summed E-state index contributed by atoms with van der Waals surface area (Å²) in [5, 5.41) is 8.48. The molecule has 0 heterocycles. The molecule has 1 aromatic rings. The van der Waals surface area contributed by atoms with Gasteiger partial charge in [0.2, 0.25) is 0 Å². The minimum Gasteiger partial charge on any atom is -0.481 e. The van der Waals surface area contributed by atoms with Crippen molar-refractivity contribution in [3.8, 4) is 0 Å². The van der Waals surface area contributed by atoms with Crippen LogP contribution in [-0.4, -0.2) is 23.1 Å². The van der Waals surface area contributed by atoms with Gasteiger partial charge in [-0.3, -0.25) is 9.59 Å². The van der Waals surface area contributed by atoms with E-state index >= 15 is 0 Å². The van der Waals surface area contributed by atoms with Crippen LogP contribution in [0.15, 0.2) is 30.3 Å². The van der Waals surface area contributed by atoms with Crippen LogP contribution in [0, 0.1) is 0 Å². The van der Waals surface area contributed by atoms with Crippen molar-refractivity contribution in [3.63, 3.8) is 0 Å². The largest absolute Gasteiger partial charge is 0.481 e. The number of carboxylic acids is 1. The zero-order valence-corrected chi connectivity index (χ0v) is 9.83. The molecule has 0 aliphatic carbocycles. The van der Waals surface area contributed by atoms with Gasteiger partial charge in [-0.05, 0) is 5.56 Å². The van der Waals surface area contributed by atoms with Gasteiger partial charge < -0.3 is 9.90 Å². The predicted molar refractivity (Wildman–Crippen MR) is 67.4 cm³/mol. The number of benzene rings is 1. The zero-order chi connectivity index (χ0) is 13.4. The number of aldehydes is 1.